The third-order valence-electron chi connectivity index (χ3n) is 4.58. The smallest absolute Gasteiger partial charge is 0.267 e. The molecule has 0 saturated heterocycles. The van der Waals surface area contributed by atoms with Gasteiger partial charge in [-0.1, -0.05) is 31.9 Å². The predicted octanol–water partition coefficient (Wildman–Crippen LogP) is 3.20. The Kier molecular flexibility index (Phi) is 3.80. The van der Waals surface area contributed by atoms with Crippen molar-refractivity contribution in [2.45, 2.75) is 0 Å². The van der Waals surface area contributed by atoms with Crippen LogP contribution in [0.25, 0.3) is 0 Å². The summed E-state index contributed by atoms with van der Waals surface area (Å²) in [5.41, 5.74) is 0.645. The van der Waals surface area contributed by atoms with Crippen molar-refractivity contribution in [1.82, 2.24) is 10.3 Å². The maximum absolute atomic E-state index is 12.8. The van der Waals surface area contributed by atoms with Gasteiger partial charge >= 0.3 is 0 Å². The lowest BCUT2D eigenvalue weighted by molar-refractivity contribution is 0.0902. The molecule has 0 aliphatic carbocycles. The van der Waals surface area contributed by atoms with E-state index in [1.807, 2.05) is 0 Å². The van der Waals surface area contributed by atoms with E-state index in [1.54, 1.807) is 12.1 Å². The van der Waals surface area contributed by atoms with Crippen LogP contribution in [-0.2, 0) is 0 Å². The highest BCUT2D eigenvalue weighted by Crippen LogP contribution is 2.37. The van der Waals surface area contributed by atoms with Gasteiger partial charge in [0.05, 0.1) is 22.3 Å². The lowest BCUT2D eigenvalue weighted by Gasteiger charge is -2.15. The van der Waals surface area contributed by atoms with Crippen LogP contribution in [0.15, 0.2) is 50.0 Å². The summed E-state index contributed by atoms with van der Waals surface area (Å²) >= 11 is 6.52. The first-order valence-electron chi connectivity index (χ1n) is 8.07. The molecule has 0 spiro atoms. The van der Waals surface area contributed by atoms with E-state index in [-0.39, 0.29) is 33.9 Å². The number of aromatic nitrogens is 2. The number of hydrogen-bond donors (Lipinski definition) is 0. The summed E-state index contributed by atoms with van der Waals surface area (Å²) in [5.74, 6) is -3.31. The normalized spacial score (nSPS) is 15.4. The molecule has 0 saturated carbocycles. The Labute approximate surface area is 178 Å². The van der Waals surface area contributed by atoms with Crippen LogP contribution >= 0.6 is 31.9 Å². The van der Waals surface area contributed by atoms with Crippen molar-refractivity contribution in [1.29, 1.82) is 0 Å². The zero-order valence-electron chi connectivity index (χ0n) is 14.1. The number of benzene rings is 2. The molecule has 29 heavy (non-hydrogen) atoms. The number of nitrogens with zero attached hydrogens (tertiary/aromatic N) is 4. The Morgan fingerprint density at radius 3 is 1.41 bits per heavy atom. The zero-order valence-corrected chi connectivity index (χ0v) is 17.2. The van der Waals surface area contributed by atoms with Crippen molar-refractivity contribution >= 4 is 67.1 Å². The molecule has 3 aromatic rings. The van der Waals surface area contributed by atoms with Crippen LogP contribution in [0, 0.1) is 0 Å². The standard InChI is InChI=1S/C18H6Br2N4O5/c19-7-1-3-9-11(5-7)17(27)23(15(9)25)13-14(22-29-21-13)24-16(26)10-4-2-8(20)6-12(10)18(24)28/h1-6H. The van der Waals surface area contributed by atoms with Crippen LogP contribution in [0.5, 0.6) is 0 Å². The van der Waals surface area contributed by atoms with Gasteiger partial charge in [0.25, 0.3) is 23.6 Å². The average Bonchev–Trinajstić information content (AvgIpc) is 3.31. The van der Waals surface area contributed by atoms with Crippen molar-refractivity contribution in [3.8, 4) is 0 Å². The second-order valence-electron chi connectivity index (χ2n) is 6.18. The van der Waals surface area contributed by atoms with Gasteiger partial charge in [-0.3, -0.25) is 19.2 Å². The molecule has 0 atom stereocenters. The largest absolute Gasteiger partial charge is 0.268 e. The molecule has 0 unspecified atom stereocenters. The SMILES string of the molecule is O=C1c2ccc(Br)cc2C(=O)N1c1nonc1N1C(=O)c2ccc(Br)cc2C1=O. The highest BCUT2D eigenvalue weighted by atomic mass is 79.9. The van der Waals surface area contributed by atoms with Crippen LogP contribution < -0.4 is 9.80 Å². The molecular weight excluding hydrogens is 512 g/mol. The molecular formula is C18H6Br2N4O5. The fourth-order valence-electron chi connectivity index (χ4n) is 3.27. The van der Waals surface area contributed by atoms with Crippen molar-refractivity contribution < 1.29 is 23.8 Å². The molecule has 142 valence electrons. The summed E-state index contributed by atoms with van der Waals surface area (Å²) in [5, 5.41) is 7.26. The van der Waals surface area contributed by atoms with E-state index in [9.17, 15) is 19.2 Å². The quantitative estimate of drug-likeness (QED) is 0.479. The molecule has 0 N–H and O–H groups in total. The molecule has 2 aliphatic rings. The predicted molar refractivity (Wildman–Crippen MR) is 105 cm³/mol. The molecule has 11 heteroatoms. The highest BCUT2D eigenvalue weighted by Gasteiger charge is 2.45. The fraction of sp³-hybridized carbons (Fsp3) is 0. The van der Waals surface area contributed by atoms with Crippen LogP contribution in [0.4, 0.5) is 11.6 Å². The summed E-state index contributed by atoms with van der Waals surface area (Å²) in [6.45, 7) is 0. The number of rotatable bonds is 2. The minimum absolute atomic E-state index is 0.157. The Hall–Kier alpha value is -3.18. The Bertz CT molecular complexity index is 1190. The number of carbonyl (C=O) groups excluding carboxylic acids is 4. The number of hydrogen-bond acceptors (Lipinski definition) is 7. The number of amides is 4. The van der Waals surface area contributed by atoms with Gasteiger partial charge in [-0.2, -0.15) is 0 Å². The second-order valence-corrected chi connectivity index (χ2v) is 8.01. The molecule has 3 heterocycles. The topological polar surface area (TPSA) is 114 Å². The van der Waals surface area contributed by atoms with Crippen molar-refractivity contribution in [3.05, 3.63) is 67.6 Å². The van der Waals surface area contributed by atoms with Crippen LogP contribution in [0.2, 0.25) is 0 Å². The van der Waals surface area contributed by atoms with Gasteiger partial charge in [-0.15, -0.1) is 0 Å². The Morgan fingerprint density at radius 1 is 0.621 bits per heavy atom. The average molecular weight is 518 g/mol. The van der Waals surface area contributed by atoms with Crippen LogP contribution in [0.1, 0.15) is 41.4 Å². The number of halogens is 2. The summed E-state index contributed by atoms with van der Waals surface area (Å²) in [6.07, 6.45) is 0. The van der Waals surface area contributed by atoms with Crippen LogP contribution in [-0.4, -0.2) is 33.9 Å². The Balaban J connectivity index is 1.60. The minimum Gasteiger partial charge on any atom is -0.268 e. The monoisotopic (exact) mass is 516 g/mol. The van der Waals surface area contributed by atoms with Gasteiger partial charge in [-0.05, 0) is 46.7 Å². The number of imide groups is 2. The van der Waals surface area contributed by atoms with E-state index in [4.69, 9.17) is 4.63 Å². The lowest BCUT2D eigenvalue weighted by atomic mass is 10.1. The number of fused-ring (bicyclic) bond motifs is 2. The first kappa shape index (κ1) is 17.9. The van der Waals surface area contributed by atoms with E-state index in [1.165, 1.54) is 24.3 Å². The highest BCUT2D eigenvalue weighted by molar-refractivity contribution is 9.10. The van der Waals surface area contributed by atoms with Gasteiger partial charge in [0.1, 0.15) is 0 Å². The van der Waals surface area contributed by atoms with E-state index >= 15 is 0 Å². The zero-order chi connectivity index (χ0) is 20.4. The fourth-order valence-corrected chi connectivity index (χ4v) is 3.99. The lowest BCUT2D eigenvalue weighted by Crippen LogP contribution is -2.35. The second kappa shape index (κ2) is 6.16. The van der Waals surface area contributed by atoms with Crippen LogP contribution in [0.3, 0.4) is 0 Å². The molecule has 4 amide bonds. The summed E-state index contributed by atoms with van der Waals surface area (Å²) < 4.78 is 5.93. The Morgan fingerprint density at radius 2 is 1.00 bits per heavy atom. The minimum atomic E-state index is -0.664. The van der Waals surface area contributed by atoms with Gasteiger partial charge in [-0.25, -0.2) is 14.4 Å². The maximum atomic E-state index is 12.8. The summed E-state index contributed by atoms with van der Waals surface area (Å²) in [7, 11) is 0. The molecule has 2 aromatic carbocycles. The molecule has 2 aliphatic heterocycles. The maximum Gasteiger partial charge on any atom is 0.267 e. The van der Waals surface area contributed by atoms with Gasteiger partial charge in [0.15, 0.2) is 0 Å². The van der Waals surface area contributed by atoms with Crippen molar-refractivity contribution in [3.63, 3.8) is 0 Å². The van der Waals surface area contributed by atoms with Gasteiger partial charge in [0.2, 0.25) is 11.6 Å². The molecule has 9 nitrogen and oxygen atoms in total. The van der Waals surface area contributed by atoms with E-state index in [2.05, 4.69) is 42.2 Å². The van der Waals surface area contributed by atoms with Crippen molar-refractivity contribution in [2.75, 3.05) is 9.80 Å². The molecule has 0 fully saturated rings. The summed E-state index contributed by atoms with van der Waals surface area (Å²) in [6, 6.07) is 9.23. The first-order valence-corrected chi connectivity index (χ1v) is 9.66. The van der Waals surface area contributed by atoms with E-state index < -0.39 is 23.6 Å². The van der Waals surface area contributed by atoms with E-state index in [0.717, 1.165) is 9.80 Å². The molecule has 0 bridgehead atoms. The number of anilines is 2. The van der Waals surface area contributed by atoms with Gasteiger partial charge < -0.3 is 0 Å². The third-order valence-corrected chi connectivity index (χ3v) is 5.56. The number of carbonyl (C=O) groups is 4. The first-order chi connectivity index (χ1) is 13.9. The molecule has 0 radical (unpaired) electrons. The van der Waals surface area contributed by atoms with Gasteiger partial charge in [0, 0.05) is 8.95 Å². The van der Waals surface area contributed by atoms with E-state index in [0.29, 0.717) is 8.95 Å². The van der Waals surface area contributed by atoms with Crippen molar-refractivity contribution in [2.24, 2.45) is 0 Å². The summed E-state index contributed by atoms with van der Waals surface area (Å²) in [4.78, 5) is 52.7. The molecule has 1 aromatic heterocycles. The molecule has 5 rings (SSSR count). The third kappa shape index (κ3) is 2.44.